The number of aromatic nitrogens is 2. The van der Waals surface area contributed by atoms with Crippen LogP contribution in [0.5, 0.6) is 11.5 Å². The van der Waals surface area contributed by atoms with Crippen LogP contribution in [0.25, 0.3) is 16.9 Å². The molecule has 3 rings (SSSR count). The van der Waals surface area contributed by atoms with Crippen molar-refractivity contribution in [3.8, 4) is 22.8 Å². The van der Waals surface area contributed by atoms with Crippen LogP contribution in [0.3, 0.4) is 0 Å². The zero-order chi connectivity index (χ0) is 19.1. The minimum absolute atomic E-state index is 0.0248. The zero-order valence-corrected chi connectivity index (χ0v) is 17.7. The van der Waals surface area contributed by atoms with E-state index < -0.39 is 5.82 Å². The van der Waals surface area contributed by atoms with Crippen molar-refractivity contribution in [2.45, 2.75) is 30.4 Å². The molecule has 7 heteroatoms. The maximum atomic E-state index is 14.3. The molecule has 0 aliphatic rings. The molecule has 0 amide bonds. The molecule has 0 spiro atoms. The average molecular weight is 439 g/mol. The molecule has 4 nitrogen and oxygen atoms in total. The van der Waals surface area contributed by atoms with Gasteiger partial charge in [-0.25, -0.2) is 9.37 Å². The van der Waals surface area contributed by atoms with Crippen LogP contribution in [0.1, 0.15) is 20.8 Å². The number of imidazole rings is 1. The summed E-state index contributed by atoms with van der Waals surface area (Å²) in [6.45, 7) is 6.43. The SMILES string of the molecule is COc1cc2ncc(-c3cc(F)c(OC)c(Br)c3)n2cc1SC(C)(C)C. The molecule has 2 aromatic heterocycles. The fourth-order valence-corrected chi connectivity index (χ4v) is 4.33. The molecule has 3 aromatic rings. The van der Waals surface area contributed by atoms with E-state index in [0.717, 1.165) is 22.0 Å². The third kappa shape index (κ3) is 3.69. The fraction of sp³-hybridized carbons (Fsp3) is 0.316. The highest BCUT2D eigenvalue weighted by Gasteiger charge is 2.19. The van der Waals surface area contributed by atoms with Gasteiger partial charge >= 0.3 is 0 Å². The smallest absolute Gasteiger partial charge is 0.168 e. The van der Waals surface area contributed by atoms with Gasteiger partial charge < -0.3 is 9.47 Å². The normalized spacial score (nSPS) is 11.8. The van der Waals surface area contributed by atoms with Gasteiger partial charge in [-0.3, -0.25) is 4.40 Å². The summed E-state index contributed by atoms with van der Waals surface area (Å²) in [5.74, 6) is 0.537. The van der Waals surface area contributed by atoms with E-state index in [1.807, 2.05) is 22.7 Å². The number of hydrogen-bond donors (Lipinski definition) is 0. The van der Waals surface area contributed by atoms with Crippen molar-refractivity contribution in [1.82, 2.24) is 9.38 Å². The first-order valence-corrected chi connectivity index (χ1v) is 9.62. The number of rotatable bonds is 4. The van der Waals surface area contributed by atoms with Gasteiger partial charge in [0.2, 0.25) is 0 Å². The number of methoxy groups -OCH3 is 2. The van der Waals surface area contributed by atoms with Crippen LogP contribution in [0.15, 0.2) is 40.0 Å². The van der Waals surface area contributed by atoms with Crippen molar-refractivity contribution in [2.75, 3.05) is 14.2 Å². The first-order valence-electron chi connectivity index (χ1n) is 8.01. The molecule has 0 atom stereocenters. The van der Waals surface area contributed by atoms with E-state index in [2.05, 4.69) is 41.7 Å². The molecule has 0 aliphatic heterocycles. The van der Waals surface area contributed by atoms with E-state index in [-0.39, 0.29) is 10.5 Å². The third-order valence-electron chi connectivity index (χ3n) is 3.71. The Balaban J connectivity index is 2.18. The second kappa shape index (κ2) is 7.12. The molecule has 138 valence electrons. The number of ether oxygens (including phenoxy) is 2. The number of nitrogens with zero attached hydrogens (tertiary/aromatic N) is 2. The van der Waals surface area contributed by atoms with Crippen LogP contribution in [0, 0.1) is 5.82 Å². The number of benzene rings is 1. The number of thioether (sulfide) groups is 1. The lowest BCUT2D eigenvalue weighted by Gasteiger charge is -2.19. The molecule has 0 N–H and O–H groups in total. The summed E-state index contributed by atoms with van der Waals surface area (Å²) in [6.07, 6.45) is 3.72. The van der Waals surface area contributed by atoms with Crippen LogP contribution < -0.4 is 9.47 Å². The monoisotopic (exact) mass is 438 g/mol. The predicted molar refractivity (Wildman–Crippen MR) is 107 cm³/mol. The Morgan fingerprint density at radius 2 is 1.88 bits per heavy atom. The number of pyridine rings is 1. The van der Waals surface area contributed by atoms with Gasteiger partial charge in [0.25, 0.3) is 0 Å². The van der Waals surface area contributed by atoms with Crippen LogP contribution in [-0.4, -0.2) is 28.4 Å². The van der Waals surface area contributed by atoms with Crippen molar-refractivity contribution in [1.29, 1.82) is 0 Å². The molecule has 0 saturated heterocycles. The van der Waals surface area contributed by atoms with Crippen molar-refractivity contribution < 1.29 is 13.9 Å². The molecule has 0 aliphatic carbocycles. The van der Waals surface area contributed by atoms with Gasteiger partial charge in [0.1, 0.15) is 11.4 Å². The van der Waals surface area contributed by atoms with Crippen LogP contribution in [0.4, 0.5) is 4.39 Å². The number of hydrogen-bond acceptors (Lipinski definition) is 4. The maximum Gasteiger partial charge on any atom is 0.168 e. The highest BCUT2D eigenvalue weighted by Crippen LogP contribution is 2.40. The van der Waals surface area contributed by atoms with Crippen molar-refractivity contribution in [3.63, 3.8) is 0 Å². The third-order valence-corrected chi connectivity index (χ3v) is 5.44. The number of fused-ring (bicyclic) bond motifs is 1. The minimum Gasteiger partial charge on any atom is -0.495 e. The average Bonchev–Trinajstić information content (AvgIpc) is 2.95. The van der Waals surface area contributed by atoms with Crippen LogP contribution in [0.2, 0.25) is 0 Å². The zero-order valence-electron chi connectivity index (χ0n) is 15.3. The van der Waals surface area contributed by atoms with E-state index >= 15 is 0 Å². The summed E-state index contributed by atoms with van der Waals surface area (Å²) in [5.41, 5.74) is 2.24. The Bertz CT molecular complexity index is 943. The van der Waals surface area contributed by atoms with E-state index in [9.17, 15) is 4.39 Å². The standard InChI is InChI=1S/C19H20BrFN2O2S/c1-19(2,3)26-16-10-23-14(9-22-17(23)8-15(16)24-4)11-6-12(20)18(25-5)13(21)7-11/h6-10H,1-5H3. The number of halogens is 2. The molecule has 0 saturated carbocycles. The fourth-order valence-electron chi connectivity index (χ4n) is 2.67. The molecule has 1 aromatic carbocycles. The van der Waals surface area contributed by atoms with E-state index in [1.165, 1.54) is 13.2 Å². The van der Waals surface area contributed by atoms with Gasteiger partial charge in [0.15, 0.2) is 11.6 Å². The Kier molecular flexibility index (Phi) is 5.21. The van der Waals surface area contributed by atoms with Crippen LogP contribution >= 0.6 is 27.7 Å². The highest BCUT2D eigenvalue weighted by atomic mass is 79.9. The second-order valence-corrected chi connectivity index (χ2v) is 9.49. The van der Waals surface area contributed by atoms with Crippen molar-refractivity contribution >= 4 is 33.3 Å². The van der Waals surface area contributed by atoms with Gasteiger partial charge in [0, 0.05) is 22.6 Å². The molecule has 0 fully saturated rings. The molecule has 0 radical (unpaired) electrons. The molecule has 2 heterocycles. The summed E-state index contributed by atoms with van der Waals surface area (Å²) in [4.78, 5) is 5.45. The van der Waals surface area contributed by atoms with Gasteiger partial charge in [-0.05, 0) is 28.1 Å². The lowest BCUT2D eigenvalue weighted by atomic mass is 10.1. The summed E-state index contributed by atoms with van der Waals surface area (Å²) >= 11 is 5.08. The lowest BCUT2D eigenvalue weighted by Crippen LogP contribution is -2.07. The predicted octanol–water partition coefficient (Wildman–Crippen LogP) is 5.81. The molecular weight excluding hydrogens is 419 g/mol. The van der Waals surface area contributed by atoms with E-state index in [1.54, 1.807) is 25.1 Å². The highest BCUT2D eigenvalue weighted by molar-refractivity contribution is 9.10. The molecule has 0 unspecified atom stereocenters. The van der Waals surface area contributed by atoms with Gasteiger partial charge in [-0.1, -0.05) is 20.8 Å². The quantitative estimate of drug-likeness (QED) is 0.481. The maximum absolute atomic E-state index is 14.3. The van der Waals surface area contributed by atoms with Gasteiger partial charge in [0.05, 0.1) is 35.5 Å². The second-order valence-electron chi connectivity index (χ2n) is 6.77. The van der Waals surface area contributed by atoms with Gasteiger partial charge in [-0.15, -0.1) is 11.8 Å². The minimum atomic E-state index is -0.426. The lowest BCUT2D eigenvalue weighted by molar-refractivity contribution is 0.384. The summed E-state index contributed by atoms with van der Waals surface area (Å²) in [7, 11) is 3.09. The Morgan fingerprint density at radius 3 is 2.46 bits per heavy atom. The molecular formula is C19H20BrFN2O2S. The van der Waals surface area contributed by atoms with Crippen LogP contribution in [-0.2, 0) is 0 Å². The topological polar surface area (TPSA) is 35.8 Å². The molecule has 0 bridgehead atoms. The summed E-state index contributed by atoms with van der Waals surface area (Å²) in [6, 6.07) is 5.17. The summed E-state index contributed by atoms with van der Waals surface area (Å²) < 4.78 is 27.4. The van der Waals surface area contributed by atoms with Gasteiger partial charge in [-0.2, -0.15) is 0 Å². The molecule has 26 heavy (non-hydrogen) atoms. The van der Waals surface area contributed by atoms with Crippen molar-refractivity contribution in [2.24, 2.45) is 0 Å². The Labute approximate surface area is 164 Å². The Hall–Kier alpha value is -1.73. The van der Waals surface area contributed by atoms with E-state index in [4.69, 9.17) is 9.47 Å². The first kappa shape index (κ1) is 19.0. The van der Waals surface area contributed by atoms with Crippen molar-refractivity contribution in [3.05, 3.63) is 40.9 Å². The Morgan fingerprint density at radius 1 is 1.15 bits per heavy atom. The first-order chi connectivity index (χ1) is 12.2. The summed E-state index contributed by atoms with van der Waals surface area (Å²) in [5, 5.41) is 0. The van der Waals surface area contributed by atoms with E-state index in [0.29, 0.717) is 10.0 Å². The largest absolute Gasteiger partial charge is 0.495 e.